The Morgan fingerprint density at radius 1 is 1.12 bits per heavy atom. The molecule has 1 aromatic heterocycles. The summed E-state index contributed by atoms with van der Waals surface area (Å²) in [5, 5.41) is 14.9. The van der Waals surface area contributed by atoms with Crippen molar-refractivity contribution in [3.05, 3.63) is 66.7 Å². The van der Waals surface area contributed by atoms with E-state index in [2.05, 4.69) is 52.0 Å². The molecule has 0 spiro atoms. The van der Waals surface area contributed by atoms with E-state index in [4.69, 9.17) is 9.73 Å². The summed E-state index contributed by atoms with van der Waals surface area (Å²) < 4.78 is 7.71. The average molecular weight is 567 g/mol. The zero-order chi connectivity index (χ0) is 21.9. The molecular formula is C23H31IN6OS. The zero-order valence-electron chi connectivity index (χ0n) is 18.7. The summed E-state index contributed by atoms with van der Waals surface area (Å²) in [6.07, 6.45) is 1.88. The minimum atomic E-state index is 0. The SMILES string of the molecule is CCn1cnnc1CN=C(NCCSc1ccccc1)Nc1ccc(OC(C)C)cc1.I. The van der Waals surface area contributed by atoms with Crippen molar-refractivity contribution in [1.82, 2.24) is 20.1 Å². The van der Waals surface area contributed by atoms with Gasteiger partial charge < -0.3 is 19.9 Å². The fourth-order valence-corrected chi connectivity index (χ4v) is 3.63. The number of aliphatic imine (C=N–C) groups is 1. The summed E-state index contributed by atoms with van der Waals surface area (Å²) in [6, 6.07) is 18.3. The number of anilines is 1. The number of hydrogen-bond donors (Lipinski definition) is 2. The van der Waals surface area contributed by atoms with E-state index in [9.17, 15) is 0 Å². The fraction of sp³-hybridized carbons (Fsp3) is 0.348. The van der Waals surface area contributed by atoms with Crippen LogP contribution in [0, 0.1) is 0 Å². The molecule has 2 aromatic carbocycles. The maximum absolute atomic E-state index is 5.72. The highest BCUT2D eigenvalue weighted by Gasteiger charge is 2.05. The highest BCUT2D eigenvalue weighted by Crippen LogP contribution is 2.18. The van der Waals surface area contributed by atoms with Gasteiger partial charge in [-0.3, -0.25) is 0 Å². The molecule has 0 amide bonds. The van der Waals surface area contributed by atoms with Crippen LogP contribution in [0.4, 0.5) is 5.69 Å². The molecule has 2 N–H and O–H groups in total. The molecule has 172 valence electrons. The molecule has 0 unspecified atom stereocenters. The van der Waals surface area contributed by atoms with Gasteiger partial charge in [0.25, 0.3) is 0 Å². The van der Waals surface area contributed by atoms with Crippen LogP contribution in [-0.2, 0) is 13.1 Å². The van der Waals surface area contributed by atoms with Crippen LogP contribution in [0.15, 0.2) is 70.8 Å². The largest absolute Gasteiger partial charge is 0.491 e. The third-order valence-corrected chi connectivity index (χ3v) is 5.32. The molecule has 1 heterocycles. The van der Waals surface area contributed by atoms with Crippen molar-refractivity contribution in [3.8, 4) is 5.75 Å². The predicted octanol–water partition coefficient (Wildman–Crippen LogP) is 5.05. The molecule has 3 rings (SSSR count). The van der Waals surface area contributed by atoms with E-state index in [0.29, 0.717) is 12.5 Å². The monoisotopic (exact) mass is 566 g/mol. The number of thioether (sulfide) groups is 1. The number of aryl methyl sites for hydroxylation is 1. The molecule has 0 saturated heterocycles. The van der Waals surface area contributed by atoms with Crippen LogP contribution in [0.5, 0.6) is 5.75 Å². The number of nitrogens with zero attached hydrogens (tertiary/aromatic N) is 4. The van der Waals surface area contributed by atoms with Crippen LogP contribution in [0.2, 0.25) is 0 Å². The molecule has 9 heteroatoms. The third kappa shape index (κ3) is 8.70. The highest BCUT2D eigenvalue weighted by atomic mass is 127. The minimum absolute atomic E-state index is 0. The maximum atomic E-state index is 5.72. The molecule has 0 aliphatic heterocycles. The van der Waals surface area contributed by atoms with Gasteiger partial charge in [0.2, 0.25) is 0 Å². The number of halogens is 1. The van der Waals surface area contributed by atoms with Crippen molar-refractivity contribution < 1.29 is 4.74 Å². The van der Waals surface area contributed by atoms with Gasteiger partial charge >= 0.3 is 0 Å². The van der Waals surface area contributed by atoms with Crippen LogP contribution in [0.25, 0.3) is 0 Å². The lowest BCUT2D eigenvalue weighted by molar-refractivity contribution is 0.242. The topological polar surface area (TPSA) is 76.4 Å². The molecule has 0 bridgehead atoms. The van der Waals surface area contributed by atoms with Crippen LogP contribution in [-0.4, -0.2) is 39.1 Å². The lowest BCUT2D eigenvalue weighted by Gasteiger charge is -2.14. The second kappa shape index (κ2) is 14.0. The van der Waals surface area contributed by atoms with E-state index in [-0.39, 0.29) is 30.1 Å². The van der Waals surface area contributed by atoms with Crippen molar-refractivity contribution in [1.29, 1.82) is 0 Å². The van der Waals surface area contributed by atoms with Gasteiger partial charge in [-0.25, -0.2) is 4.99 Å². The molecule has 3 aromatic rings. The first kappa shape index (κ1) is 26.0. The molecular weight excluding hydrogens is 535 g/mol. The van der Waals surface area contributed by atoms with E-state index in [1.54, 1.807) is 6.33 Å². The maximum Gasteiger partial charge on any atom is 0.196 e. The Balaban J connectivity index is 0.00000363. The Kier molecular flexibility index (Phi) is 11.4. The van der Waals surface area contributed by atoms with E-state index in [1.807, 2.05) is 60.5 Å². The fourth-order valence-electron chi connectivity index (χ4n) is 2.84. The van der Waals surface area contributed by atoms with Gasteiger partial charge in [-0.1, -0.05) is 18.2 Å². The second-order valence-electron chi connectivity index (χ2n) is 7.10. The first-order valence-corrected chi connectivity index (χ1v) is 11.5. The van der Waals surface area contributed by atoms with E-state index < -0.39 is 0 Å². The zero-order valence-corrected chi connectivity index (χ0v) is 21.8. The van der Waals surface area contributed by atoms with E-state index in [0.717, 1.165) is 36.1 Å². The Bertz CT molecular complexity index is 947. The third-order valence-electron chi connectivity index (χ3n) is 4.31. The molecule has 0 radical (unpaired) electrons. The Labute approximate surface area is 211 Å². The number of benzene rings is 2. The molecule has 0 aliphatic carbocycles. The average Bonchev–Trinajstić information content (AvgIpc) is 3.24. The quantitative estimate of drug-likeness (QED) is 0.118. The van der Waals surface area contributed by atoms with Gasteiger partial charge in [-0.2, -0.15) is 0 Å². The Morgan fingerprint density at radius 2 is 1.88 bits per heavy atom. The molecule has 32 heavy (non-hydrogen) atoms. The molecule has 0 fully saturated rings. The molecule has 0 aliphatic rings. The molecule has 0 saturated carbocycles. The van der Waals surface area contributed by atoms with Crippen LogP contribution < -0.4 is 15.4 Å². The van der Waals surface area contributed by atoms with Crippen molar-refractivity contribution in [2.75, 3.05) is 17.6 Å². The smallest absolute Gasteiger partial charge is 0.196 e. The number of guanidine groups is 1. The standard InChI is InChI=1S/C23H30N6OS.HI/c1-4-29-17-26-28-22(29)16-25-23(24-14-15-31-21-8-6-5-7-9-21)27-19-10-12-20(13-11-19)30-18(2)3;/h5-13,17-18H,4,14-16H2,1-3H3,(H2,24,25,27);1H. The first-order chi connectivity index (χ1) is 15.1. The number of ether oxygens (including phenoxy) is 1. The van der Waals surface area contributed by atoms with Gasteiger partial charge in [-0.05, 0) is 57.2 Å². The van der Waals surface area contributed by atoms with Crippen LogP contribution in [0.1, 0.15) is 26.6 Å². The summed E-state index contributed by atoms with van der Waals surface area (Å²) in [7, 11) is 0. The van der Waals surface area contributed by atoms with Crippen molar-refractivity contribution in [2.24, 2.45) is 4.99 Å². The van der Waals surface area contributed by atoms with Crippen molar-refractivity contribution in [2.45, 2.75) is 44.9 Å². The Morgan fingerprint density at radius 3 is 2.56 bits per heavy atom. The van der Waals surface area contributed by atoms with Crippen molar-refractivity contribution >= 4 is 47.4 Å². The van der Waals surface area contributed by atoms with Gasteiger partial charge in [0, 0.05) is 29.4 Å². The summed E-state index contributed by atoms with van der Waals surface area (Å²) in [5.41, 5.74) is 0.940. The van der Waals surface area contributed by atoms with Gasteiger partial charge in [0.15, 0.2) is 11.8 Å². The Hall–Kier alpha value is -2.27. The predicted molar refractivity (Wildman–Crippen MR) is 143 cm³/mol. The molecule has 7 nitrogen and oxygen atoms in total. The summed E-state index contributed by atoms with van der Waals surface area (Å²) >= 11 is 1.81. The van der Waals surface area contributed by atoms with Gasteiger partial charge in [0.05, 0.1) is 6.10 Å². The summed E-state index contributed by atoms with van der Waals surface area (Å²) in [5.74, 6) is 3.32. The van der Waals surface area contributed by atoms with E-state index >= 15 is 0 Å². The molecule has 0 atom stereocenters. The highest BCUT2D eigenvalue weighted by molar-refractivity contribution is 14.0. The number of hydrogen-bond acceptors (Lipinski definition) is 5. The number of nitrogens with one attached hydrogen (secondary N) is 2. The van der Waals surface area contributed by atoms with Crippen LogP contribution in [0.3, 0.4) is 0 Å². The normalized spacial score (nSPS) is 11.2. The summed E-state index contributed by atoms with van der Waals surface area (Å²) in [6.45, 7) is 8.14. The van der Waals surface area contributed by atoms with Crippen molar-refractivity contribution in [3.63, 3.8) is 0 Å². The van der Waals surface area contributed by atoms with Crippen LogP contribution >= 0.6 is 35.7 Å². The first-order valence-electron chi connectivity index (χ1n) is 10.5. The lowest BCUT2D eigenvalue weighted by Crippen LogP contribution is -2.32. The number of rotatable bonds is 10. The summed E-state index contributed by atoms with van der Waals surface area (Å²) in [4.78, 5) is 5.97. The van der Waals surface area contributed by atoms with E-state index in [1.165, 1.54) is 4.90 Å². The minimum Gasteiger partial charge on any atom is -0.491 e. The number of aromatic nitrogens is 3. The van der Waals surface area contributed by atoms with Gasteiger partial charge in [0.1, 0.15) is 18.6 Å². The van der Waals surface area contributed by atoms with Gasteiger partial charge in [-0.15, -0.1) is 45.9 Å². The second-order valence-corrected chi connectivity index (χ2v) is 8.27. The lowest BCUT2D eigenvalue weighted by atomic mass is 10.3.